The predicted octanol–water partition coefficient (Wildman–Crippen LogP) is 1.60. The van der Waals surface area contributed by atoms with Crippen LogP contribution in [0.4, 0.5) is 0 Å². The molecule has 1 atom stereocenters. The van der Waals surface area contributed by atoms with E-state index < -0.39 is 0 Å². The number of ether oxygens (including phenoxy) is 1. The van der Waals surface area contributed by atoms with Gasteiger partial charge in [-0.3, -0.25) is 9.69 Å². The summed E-state index contributed by atoms with van der Waals surface area (Å²) < 4.78 is 5.02. The van der Waals surface area contributed by atoms with Gasteiger partial charge < -0.3 is 14.6 Å². The Morgan fingerprint density at radius 2 is 2.26 bits per heavy atom. The number of amides is 1. The first-order chi connectivity index (χ1) is 11.1. The van der Waals surface area contributed by atoms with Gasteiger partial charge in [-0.25, -0.2) is 9.97 Å². The van der Waals surface area contributed by atoms with Gasteiger partial charge in [-0.15, -0.1) is 0 Å². The number of aromatic amines is 1. The molecular weight excluding hydrogens is 318 g/mol. The molecule has 0 saturated carbocycles. The van der Waals surface area contributed by atoms with Crippen molar-refractivity contribution in [2.75, 3.05) is 33.8 Å². The average molecular weight is 336 g/mol. The number of piperazine rings is 1. The Bertz CT molecular complexity index is 691. The third-order valence-electron chi connectivity index (χ3n) is 4.02. The Kier molecular flexibility index (Phi) is 4.49. The van der Waals surface area contributed by atoms with Crippen LogP contribution in [0.3, 0.4) is 0 Å². The van der Waals surface area contributed by atoms with Gasteiger partial charge in [0.1, 0.15) is 10.8 Å². The minimum atomic E-state index is -0.0910. The number of carbonyl (C=O) groups excluding carboxylic acids is 1. The number of carbonyl (C=O) groups is 1. The Balaban J connectivity index is 1.78. The van der Waals surface area contributed by atoms with Gasteiger partial charge in [0.25, 0.3) is 5.91 Å². The highest BCUT2D eigenvalue weighted by atomic mass is 35.5. The molecule has 1 fully saturated rings. The van der Waals surface area contributed by atoms with Gasteiger partial charge in [0.2, 0.25) is 5.88 Å². The largest absolute Gasteiger partial charge is 0.480 e. The van der Waals surface area contributed by atoms with Crippen molar-refractivity contribution in [3.8, 4) is 5.88 Å². The minimum Gasteiger partial charge on any atom is -0.480 e. The third kappa shape index (κ3) is 3.16. The van der Waals surface area contributed by atoms with Crippen LogP contribution < -0.4 is 4.74 Å². The molecule has 2 aromatic heterocycles. The Morgan fingerprint density at radius 1 is 1.43 bits per heavy atom. The SMILES string of the molecule is COc1ncc(C(=O)N2CCN(C)C(c3ncc[nH]3)C2)cc1Cl. The van der Waals surface area contributed by atoms with Gasteiger partial charge in [-0.05, 0) is 13.1 Å². The number of hydrogen-bond acceptors (Lipinski definition) is 5. The van der Waals surface area contributed by atoms with E-state index in [0.717, 1.165) is 12.4 Å². The van der Waals surface area contributed by atoms with Crippen molar-refractivity contribution in [2.45, 2.75) is 6.04 Å². The van der Waals surface area contributed by atoms with E-state index in [0.29, 0.717) is 29.6 Å². The fourth-order valence-corrected chi connectivity index (χ4v) is 2.93. The summed E-state index contributed by atoms with van der Waals surface area (Å²) in [5.41, 5.74) is 0.457. The number of hydrogen-bond donors (Lipinski definition) is 1. The van der Waals surface area contributed by atoms with Crippen molar-refractivity contribution in [1.29, 1.82) is 0 Å². The molecule has 1 aliphatic heterocycles. The van der Waals surface area contributed by atoms with Gasteiger partial charge in [0.05, 0.1) is 18.7 Å². The summed E-state index contributed by atoms with van der Waals surface area (Å²) >= 11 is 6.06. The third-order valence-corrected chi connectivity index (χ3v) is 4.29. The average Bonchev–Trinajstić information content (AvgIpc) is 3.09. The first kappa shape index (κ1) is 15.8. The smallest absolute Gasteiger partial charge is 0.255 e. The van der Waals surface area contributed by atoms with Crippen LogP contribution in [0.15, 0.2) is 24.7 Å². The quantitative estimate of drug-likeness (QED) is 0.922. The van der Waals surface area contributed by atoms with Crippen LogP contribution in [0, 0.1) is 0 Å². The van der Waals surface area contributed by atoms with E-state index in [1.54, 1.807) is 23.4 Å². The maximum atomic E-state index is 12.7. The normalized spacial score (nSPS) is 18.9. The molecule has 1 N–H and O–H groups in total. The Morgan fingerprint density at radius 3 is 2.91 bits per heavy atom. The standard InChI is InChI=1S/C15H18ClN5O2/c1-20-5-6-21(9-12(20)13-17-3-4-18-13)15(22)10-7-11(16)14(23-2)19-8-10/h3-4,7-8,12H,5-6,9H2,1-2H3,(H,17,18). The number of nitrogens with one attached hydrogen (secondary N) is 1. The number of aromatic nitrogens is 3. The summed E-state index contributed by atoms with van der Waals surface area (Å²) in [5, 5.41) is 0.329. The maximum Gasteiger partial charge on any atom is 0.255 e. The highest BCUT2D eigenvalue weighted by molar-refractivity contribution is 6.32. The van der Waals surface area contributed by atoms with Crippen LogP contribution in [-0.4, -0.2) is 64.5 Å². The number of imidazole rings is 1. The van der Waals surface area contributed by atoms with Gasteiger partial charge in [0.15, 0.2) is 0 Å². The van der Waals surface area contributed by atoms with Crippen LogP contribution in [0.25, 0.3) is 0 Å². The van der Waals surface area contributed by atoms with Gasteiger partial charge in [-0.2, -0.15) is 0 Å². The fourth-order valence-electron chi connectivity index (χ4n) is 2.69. The number of halogens is 1. The molecule has 0 bridgehead atoms. The number of nitrogens with zero attached hydrogens (tertiary/aromatic N) is 4. The summed E-state index contributed by atoms with van der Waals surface area (Å²) in [7, 11) is 3.52. The summed E-state index contributed by atoms with van der Waals surface area (Å²) in [5.74, 6) is 1.08. The molecule has 1 saturated heterocycles. The lowest BCUT2D eigenvalue weighted by atomic mass is 10.1. The van der Waals surface area contributed by atoms with Crippen LogP contribution in [0.1, 0.15) is 22.2 Å². The van der Waals surface area contributed by atoms with Crippen LogP contribution in [-0.2, 0) is 0 Å². The lowest BCUT2D eigenvalue weighted by Crippen LogP contribution is -2.49. The second-order valence-electron chi connectivity index (χ2n) is 5.44. The molecule has 7 nitrogen and oxygen atoms in total. The molecule has 1 unspecified atom stereocenters. The van der Waals surface area contributed by atoms with Crippen molar-refractivity contribution >= 4 is 17.5 Å². The predicted molar refractivity (Wildman–Crippen MR) is 85.7 cm³/mol. The summed E-state index contributed by atoms with van der Waals surface area (Å²) in [6, 6.07) is 1.64. The maximum absolute atomic E-state index is 12.7. The van der Waals surface area contributed by atoms with E-state index in [-0.39, 0.29) is 11.9 Å². The van der Waals surface area contributed by atoms with E-state index >= 15 is 0 Å². The van der Waals surface area contributed by atoms with Gasteiger partial charge in [-0.1, -0.05) is 11.6 Å². The molecule has 0 aliphatic carbocycles. The molecule has 0 aromatic carbocycles. The molecule has 0 radical (unpaired) electrons. The number of pyridine rings is 1. The summed E-state index contributed by atoms with van der Waals surface area (Å²) in [6.07, 6.45) is 5.00. The van der Waals surface area contributed by atoms with Crippen molar-refractivity contribution < 1.29 is 9.53 Å². The lowest BCUT2D eigenvalue weighted by molar-refractivity contribution is 0.0534. The monoisotopic (exact) mass is 335 g/mol. The number of H-pyrrole nitrogens is 1. The second-order valence-corrected chi connectivity index (χ2v) is 5.84. The number of methoxy groups -OCH3 is 1. The first-order valence-electron chi connectivity index (χ1n) is 7.28. The zero-order chi connectivity index (χ0) is 16.4. The van der Waals surface area contributed by atoms with Gasteiger partial charge in [0, 0.05) is 38.2 Å². The van der Waals surface area contributed by atoms with Crippen molar-refractivity contribution in [1.82, 2.24) is 24.8 Å². The Hall–Kier alpha value is -2.12. The van der Waals surface area contributed by atoms with Gasteiger partial charge >= 0.3 is 0 Å². The van der Waals surface area contributed by atoms with E-state index in [4.69, 9.17) is 16.3 Å². The molecule has 3 heterocycles. The van der Waals surface area contributed by atoms with Crippen molar-refractivity contribution in [3.05, 3.63) is 41.1 Å². The lowest BCUT2D eigenvalue weighted by Gasteiger charge is -2.38. The van der Waals surface area contributed by atoms with E-state index in [2.05, 4.69) is 19.9 Å². The van der Waals surface area contributed by atoms with Crippen LogP contribution >= 0.6 is 11.6 Å². The first-order valence-corrected chi connectivity index (χ1v) is 7.66. The zero-order valence-electron chi connectivity index (χ0n) is 13.0. The minimum absolute atomic E-state index is 0.0457. The highest BCUT2D eigenvalue weighted by Gasteiger charge is 2.30. The molecule has 8 heteroatoms. The Labute approximate surface area is 139 Å². The molecule has 0 spiro atoms. The summed E-state index contributed by atoms with van der Waals surface area (Å²) in [6.45, 7) is 1.98. The molecule has 122 valence electrons. The highest BCUT2D eigenvalue weighted by Crippen LogP contribution is 2.25. The number of rotatable bonds is 3. The molecule has 3 rings (SSSR count). The fraction of sp³-hybridized carbons (Fsp3) is 0.400. The summed E-state index contributed by atoms with van der Waals surface area (Å²) in [4.78, 5) is 28.2. The zero-order valence-corrected chi connectivity index (χ0v) is 13.7. The molecule has 1 aliphatic rings. The molecular formula is C15H18ClN5O2. The van der Waals surface area contributed by atoms with Crippen molar-refractivity contribution in [3.63, 3.8) is 0 Å². The molecule has 23 heavy (non-hydrogen) atoms. The second kappa shape index (κ2) is 6.55. The van der Waals surface area contributed by atoms with Crippen LogP contribution in [0.5, 0.6) is 5.88 Å². The van der Waals surface area contributed by atoms with E-state index in [1.807, 2.05) is 7.05 Å². The van der Waals surface area contributed by atoms with E-state index in [9.17, 15) is 4.79 Å². The van der Waals surface area contributed by atoms with Crippen molar-refractivity contribution in [2.24, 2.45) is 0 Å². The molecule has 2 aromatic rings. The van der Waals surface area contributed by atoms with E-state index in [1.165, 1.54) is 13.3 Å². The topological polar surface area (TPSA) is 74.3 Å². The number of likely N-dealkylation sites (N-methyl/N-ethyl adjacent to an activating group) is 1. The molecule has 1 amide bonds. The van der Waals surface area contributed by atoms with Crippen LogP contribution in [0.2, 0.25) is 5.02 Å².